The summed E-state index contributed by atoms with van der Waals surface area (Å²) in [6.45, 7) is 2.15. The number of aromatic nitrogens is 1. The van der Waals surface area contributed by atoms with E-state index in [1.165, 1.54) is 12.8 Å². The Morgan fingerprint density at radius 1 is 1.04 bits per heavy atom. The fourth-order valence-corrected chi connectivity index (χ4v) is 2.94. The van der Waals surface area contributed by atoms with Crippen LogP contribution in [0.15, 0.2) is 48.7 Å². The number of halogens is 2. The van der Waals surface area contributed by atoms with Crippen LogP contribution in [0.2, 0.25) is 0 Å². The zero-order valence-electron chi connectivity index (χ0n) is 14.6. The van der Waals surface area contributed by atoms with Crippen molar-refractivity contribution in [1.82, 2.24) is 10.3 Å². The van der Waals surface area contributed by atoms with Crippen molar-refractivity contribution in [2.24, 2.45) is 5.92 Å². The summed E-state index contributed by atoms with van der Waals surface area (Å²) < 4.78 is 0. The summed E-state index contributed by atoms with van der Waals surface area (Å²) in [6, 6.07) is 13.6. The van der Waals surface area contributed by atoms with Crippen LogP contribution >= 0.6 is 24.8 Å². The molecule has 1 aromatic carbocycles. The van der Waals surface area contributed by atoms with Gasteiger partial charge in [-0.25, -0.2) is 4.98 Å². The molecule has 2 heterocycles. The summed E-state index contributed by atoms with van der Waals surface area (Å²) in [6.07, 6.45) is 5.58. The van der Waals surface area contributed by atoms with Gasteiger partial charge in [0, 0.05) is 12.1 Å². The van der Waals surface area contributed by atoms with E-state index >= 15 is 0 Å². The van der Waals surface area contributed by atoms with Gasteiger partial charge in [0.15, 0.2) is 0 Å². The molecule has 1 aliphatic heterocycles. The van der Waals surface area contributed by atoms with E-state index in [4.69, 9.17) is 0 Å². The van der Waals surface area contributed by atoms with Gasteiger partial charge in [-0.05, 0) is 62.5 Å². The molecule has 1 aliphatic rings. The maximum Gasteiger partial charge on any atom is 0.224 e. The van der Waals surface area contributed by atoms with E-state index in [0.29, 0.717) is 12.3 Å². The molecule has 0 atom stereocenters. The molecule has 3 rings (SSSR count). The van der Waals surface area contributed by atoms with E-state index in [2.05, 4.69) is 20.9 Å². The number of nitrogens with one attached hydrogen (secondary N) is 3. The SMILES string of the molecule is Cl.Cl.O=C(CCC1CCNCC1)Nc1ccc(Nc2ccccc2)nc1. The number of hydrogen-bond acceptors (Lipinski definition) is 4. The summed E-state index contributed by atoms with van der Waals surface area (Å²) >= 11 is 0. The van der Waals surface area contributed by atoms with Gasteiger partial charge in [-0.3, -0.25) is 4.79 Å². The van der Waals surface area contributed by atoms with E-state index in [-0.39, 0.29) is 30.7 Å². The van der Waals surface area contributed by atoms with E-state index in [1.807, 2.05) is 42.5 Å². The minimum atomic E-state index is 0. The smallest absolute Gasteiger partial charge is 0.224 e. The number of amides is 1. The largest absolute Gasteiger partial charge is 0.340 e. The second-order valence-corrected chi connectivity index (χ2v) is 6.20. The van der Waals surface area contributed by atoms with Gasteiger partial charge in [0.25, 0.3) is 0 Å². The van der Waals surface area contributed by atoms with Crippen LogP contribution in [0, 0.1) is 5.92 Å². The van der Waals surface area contributed by atoms with Crippen molar-refractivity contribution in [3.05, 3.63) is 48.7 Å². The summed E-state index contributed by atoms with van der Waals surface area (Å²) in [5.41, 5.74) is 1.73. The second kappa shape index (κ2) is 11.7. The Hall–Kier alpha value is -1.82. The van der Waals surface area contributed by atoms with Crippen molar-refractivity contribution in [2.45, 2.75) is 25.7 Å². The molecule has 0 bridgehead atoms. The lowest BCUT2D eigenvalue weighted by atomic mass is 9.93. The third-order valence-corrected chi connectivity index (χ3v) is 4.33. The molecule has 7 heteroatoms. The third kappa shape index (κ3) is 7.20. The highest BCUT2D eigenvalue weighted by Gasteiger charge is 2.14. The van der Waals surface area contributed by atoms with Crippen LogP contribution in [-0.4, -0.2) is 24.0 Å². The molecular formula is C19H26Cl2N4O. The average Bonchev–Trinajstić information content (AvgIpc) is 2.63. The van der Waals surface area contributed by atoms with Crippen LogP contribution in [0.1, 0.15) is 25.7 Å². The van der Waals surface area contributed by atoms with Gasteiger partial charge < -0.3 is 16.0 Å². The number of piperidine rings is 1. The summed E-state index contributed by atoms with van der Waals surface area (Å²) in [4.78, 5) is 16.4. The molecule has 0 spiro atoms. The lowest BCUT2D eigenvalue weighted by Gasteiger charge is -2.22. The van der Waals surface area contributed by atoms with Crippen LogP contribution in [-0.2, 0) is 4.79 Å². The minimum Gasteiger partial charge on any atom is -0.340 e. The maximum absolute atomic E-state index is 12.1. The fraction of sp³-hybridized carbons (Fsp3) is 0.368. The number of nitrogens with zero attached hydrogens (tertiary/aromatic N) is 1. The second-order valence-electron chi connectivity index (χ2n) is 6.20. The highest BCUT2D eigenvalue weighted by Crippen LogP contribution is 2.19. The maximum atomic E-state index is 12.1. The Balaban J connectivity index is 0.00000169. The van der Waals surface area contributed by atoms with E-state index in [1.54, 1.807) is 6.20 Å². The van der Waals surface area contributed by atoms with Gasteiger partial charge in [0.05, 0.1) is 11.9 Å². The Morgan fingerprint density at radius 3 is 2.42 bits per heavy atom. The molecule has 0 radical (unpaired) electrons. The number of pyridine rings is 1. The number of carbonyl (C=O) groups excluding carboxylic acids is 1. The molecule has 26 heavy (non-hydrogen) atoms. The first-order valence-corrected chi connectivity index (χ1v) is 8.58. The van der Waals surface area contributed by atoms with Gasteiger partial charge in [-0.15, -0.1) is 24.8 Å². The number of carbonyl (C=O) groups is 1. The Labute approximate surface area is 167 Å². The van der Waals surface area contributed by atoms with Gasteiger partial charge in [0.1, 0.15) is 5.82 Å². The van der Waals surface area contributed by atoms with Crippen LogP contribution in [0.5, 0.6) is 0 Å². The predicted molar refractivity (Wildman–Crippen MR) is 112 cm³/mol. The van der Waals surface area contributed by atoms with E-state index < -0.39 is 0 Å². The van der Waals surface area contributed by atoms with Crippen LogP contribution in [0.4, 0.5) is 17.2 Å². The molecule has 1 aromatic heterocycles. The molecule has 1 amide bonds. The molecule has 142 valence electrons. The number of para-hydroxylation sites is 1. The molecule has 5 nitrogen and oxygen atoms in total. The lowest BCUT2D eigenvalue weighted by Crippen LogP contribution is -2.28. The number of benzene rings is 1. The summed E-state index contributed by atoms with van der Waals surface area (Å²) in [7, 11) is 0. The van der Waals surface area contributed by atoms with Crippen molar-refractivity contribution in [3.8, 4) is 0 Å². The first kappa shape index (κ1) is 22.2. The predicted octanol–water partition coefficient (Wildman–Crippen LogP) is 4.39. The standard InChI is InChI=1S/C19H24N4O.2ClH/c24-19(9-6-15-10-12-20-13-11-15)23-17-7-8-18(21-14-17)22-16-4-2-1-3-5-16;;/h1-5,7-8,14-15,20H,6,9-13H2,(H,21,22)(H,23,24);2*1H. The normalized spacial score (nSPS) is 13.8. The Bertz CT molecular complexity index is 646. The summed E-state index contributed by atoms with van der Waals surface area (Å²) in [5, 5.41) is 9.50. The van der Waals surface area contributed by atoms with Crippen molar-refractivity contribution in [1.29, 1.82) is 0 Å². The highest BCUT2D eigenvalue weighted by molar-refractivity contribution is 5.90. The Kier molecular flexibility index (Phi) is 10.0. The molecule has 0 unspecified atom stereocenters. The third-order valence-electron chi connectivity index (χ3n) is 4.33. The van der Waals surface area contributed by atoms with Crippen LogP contribution < -0.4 is 16.0 Å². The number of hydrogen-bond donors (Lipinski definition) is 3. The molecule has 1 saturated heterocycles. The van der Waals surface area contributed by atoms with Crippen molar-refractivity contribution in [3.63, 3.8) is 0 Å². The molecule has 3 N–H and O–H groups in total. The van der Waals surface area contributed by atoms with Crippen LogP contribution in [0.25, 0.3) is 0 Å². The van der Waals surface area contributed by atoms with Crippen molar-refractivity contribution in [2.75, 3.05) is 23.7 Å². The van der Waals surface area contributed by atoms with Gasteiger partial charge in [-0.2, -0.15) is 0 Å². The molecule has 0 aliphatic carbocycles. The summed E-state index contributed by atoms with van der Waals surface area (Å²) in [5.74, 6) is 1.50. The monoisotopic (exact) mass is 396 g/mol. The molecule has 0 saturated carbocycles. The first-order chi connectivity index (χ1) is 11.8. The lowest BCUT2D eigenvalue weighted by molar-refractivity contribution is -0.116. The Morgan fingerprint density at radius 2 is 1.77 bits per heavy atom. The van der Waals surface area contributed by atoms with Gasteiger partial charge in [-0.1, -0.05) is 18.2 Å². The van der Waals surface area contributed by atoms with Crippen molar-refractivity contribution >= 4 is 47.9 Å². The fourth-order valence-electron chi connectivity index (χ4n) is 2.94. The number of anilines is 3. The molecular weight excluding hydrogens is 371 g/mol. The van der Waals surface area contributed by atoms with Crippen molar-refractivity contribution < 1.29 is 4.79 Å². The number of rotatable bonds is 6. The minimum absolute atomic E-state index is 0. The zero-order valence-corrected chi connectivity index (χ0v) is 16.2. The van der Waals surface area contributed by atoms with E-state index in [9.17, 15) is 4.79 Å². The zero-order chi connectivity index (χ0) is 16.6. The van der Waals surface area contributed by atoms with Gasteiger partial charge >= 0.3 is 0 Å². The average molecular weight is 397 g/mol. The van der Waals surface area contributed by atoms with Gasteiger partial charge in [0.2, 0.25) is 5.91 Å². The van der Waals surface area contributed by atoms with Crippen LogP contribution in [0.3, 0.4) is 0 Å². The topological polar surface area (TPSA) is 66.1 Å². The highest BCUT2D eigenvalue weighted by atomic mass is 35.5. The quantitative estimate of drug-likeness (QED) is 0.677. The molecule has 2 aromatic rings. The molecule has 1 fully saturated rings. The van der Waals surface area contributed by atoms with E-state index in [0.717, 1.165) is 36.7 Å². The first-order valence-electron chi connectivity index (χ1n) is 8.58.